The van der Waals surface area contributed by atoms with Crippen LogP contribution in [0.15, 0.2) is 24.3 Å². The van der Waals surface area contributed by atoms with Gasteiger partial charge in [-0.3, -0.25) is 0 Å². The van der Waals surface area contributed by atoms with Crippen LogP contribution in [0.3, 0.4) is 0 Å². The zero-order chi connectivity index (χ0) is 11.5. The summed E-state index contributed by atoms with van der Waals surface area (Å²) in [6, 6.07) is 5.70. The van der Waals surface area contributed by atoms with Gasteiger partial charge < -0.3 is 9.75 Å². The van der Waals surface area contributed by atoms with Crippen LogP contribution < -0.4 is 15.2 Å². The first kappa shape index (κ1) is 11.6. The van der Waals surface area contributed by atoms with Crippen molar-refractivity contribution in [3.05, 3.63) is 24.3 Å². The number of rotatable bonds is 3. The average Bonchev–Trinajstić information content (AvgIpc) is 2.14. The maximum Gasteiger partial charge on any atom is 0.573 e. The molecular formula is C9H11F3N2O. The van der Waals surface area contributed by atoms with Crippen LogP contribution in [0, 0.1) is 0 Å². The van der Waals surface area contributed by atoms with Crippen molar-refractivity contribution in [3.8, 4) is 5.75 Å². The number of alkyl halides is 3. The second kappa shape index (κ2) is 4.39. The summed E-state index contributed by atoms with van der Waals surface area (Å²) in [7, 11) is 3.35. The summed E-state index contributed by atoms with van der Waals surface area (Å²) in [5, 5.41) is 1.57. The molecule has 0 aliphatic heterocycles. The van der Waals surface area contributed by atoms with Crippen molar-refractivity contribution in [1.82, 2.24) is 5.43 Å². The van der Waals surface area contributed by atoms with Crippen molar-refractivity contribution in [3.63, 3.8) is 0 Å². The van der Waals surface area contributed by atoms with E-state index in [0.29, 0.717) is 5.69 Å². The minimum atomic E-state index is -4.66. The summed E-state index contributed by atoms with van der Waals surface area (Å²) in [4.78, 5) is 0. The maximum atomic E-state index is 11.9. The van der Waals surface area contributed by atoms with E-state index in [1.807, 2.05) is 0 Å². The Kier molecular flexibility index (Phi) is 3.41. The molecule has 0 unspecified atom stereocenters. The van der Waals surface area contributed by atoms with Gasteiger partial charge in [0.2, 0.25) is 0 Å². The molecule has 1 aromatic rings. The molecule has 1 aromatic carbocycles. The van der Waals surface area contributed by atoms with Crippen molar-refractivity contribution >= 4 is 5.69 Å². The number of nitrogens with one attached hydrogen (secondary N) is 1. The highest BCUT2D eigenvalue weighted by Gasteiger charge is 2.31. The zero-order valence-electron chi connectivity index (χ0n) is 8.30. The molecule has 0 heterocycles. The van der Waals surface area contributed by atoms with Crippen LogP contribution in [0.4, 0.5) is 18.9 Å². The number of nitrogens with zero attached hydrogens (tertiary/aromatic N) is 1. The van der Waals surface area contributed by atoms with E-state index in [0.717, 1.165) is 0 Å². The Morgan fingerprint density at radius 3 is 2.53 bits per heavy atom. The zero-order valence-corrected chi connectivity index (χ0v) is 8.30. The predicted molar refractivity (Wildman–Crippen MR) is 50.6 cm³/mol. The largest absolute Gasteiger partial charge is 0.573 e. The van der Waals surface area contributed by atoms with E-state index in [2.05, 4.69) is 10.2 Å². The fraction of sp³-hybridized carbons (Fsp3) is 0.333. The van der Waals surface area contributed by atoms with Crippen molar-refractivity contribution in [2.24, 2.45) is 0 Å². The third kappa shape index (κ3) is 3.67. The van der Waals surface area contributed by atoms with E-state index >= 15 is 0 Å². The standard InChI is InChI=1S/C9H11F3N2O/c1-13-14(2)7-4-3-5-8(6-7)15-9(10,11)12/h3-6,13H,1-2H3. The molecule has 0 fully saturated rings. The summed E-state index contributed by atoms with van der Waals surface area (Å²) in [5.41, 5.74) is 3.35. The molecule has 0 saturated carbocycles. The molecule has 3 nitrogen and oxygen atoms in total. The SMILES string of the molecule is CNN(C)c1cccc(OC(F)(F)F)c1. The maximum absolute atomic E-state index is 11.9. The summed E-state index contributed by atoms with van der Waals surface area (Å²) in [6.45, 7) is 0. The van der Waals surface area contributed by atoms with Crippen LogP contribution in [0.5, 0.6) is 5.75 Å². The second-order valence-electron chi connectivity index (χ2n) is 2.83. The summed E-state index contributed by atoms with van der Waals surface area (Å²) in [6.07, 6.45) is -4.66. The van der Waals surface area contributed by atoms with E-state index in [1.165, 1.54) is 18.2 Å². The highest BCUT2D eigenvalue weighted by Crippen LogP contribution is 2.25. The Balaban J connectivity index is 2.83. The van der Waals surface area contributed by atoms with Gasteiger partial charge in [-0.15, -0.1) is 13.2 Å². The van der Waals surface area contributed by atoms with Crippen molar-refractivity contribution in [2.75, 3.05) is 19.1 Å². The van der Waals surface area contributed by atoms with Gasteiger partial charge in [0.25, 0.3) is 0 Å². The molecule has 0 spiro atoms. The number of benzene rings is 1. The first-order valence-electron chi connectivity index (χ1n) is 4.19. The van der Waals surface area contributed by atoms with E-state index in [9.17, 15) is 13.2 Å². The van der Waals surface area contributed by atoms with E-state index in [1.54, 1.807) is 25.2 Å². The Hall–Kier alpha value is -1.43. The van der Waals surface area contributed by atoms with E-state index in [-0.39, 0.29) is 5.75 Å². The molecule has 0 amide bonds. The Morgan fingerprint density at radius 2 is 2.00 bits per heavy atom. The third-order valence-electron chi connectivity index (χ3n) is 1.77. The Morgan fingerprint density at radius 1 is 1.33 bits per heavy atom. The number of hydrogen-bond donors (Lipinski definition) is 1. The topological polar surface area (TPSA) is 24.5 Å². The van der Waals surface area contributed by atoms with Crippen LogP contribution in [-0.4, -0.2) is 20.5 Å². The monoisotopic (exact) mass is 220 g/mol. The number of hydrogen-bond acceptors (Lipinski definition) is 3. The molecule has 6 heteroatoms. The molecular weight excluding hydrogens is 209 g/mol. The van der Waals surface area contributed by atoms with Gasteiger partial charge in [-0.2, -0.15) is 0 Å². The van der Waals surface area contributed by atoms with Gasteiger partial charge in [0, 0.05) is 20.2 Å². The molecule has 0 aromatic heterocycles. The lowest BCUT2D eigenvalue weighted by molar-refractivity contribution is -0.274. The van der Waals surface area contributed by atoms with Crippen molar-refractivity contribution in [2.45, 2.75) is 6.36 Å². The van der Waals surface area contributed by atoms with Crippen LogP contribution in [-0.2, 0) is 0 Å². The van der Waals surface area contributed by atoms with E-state index < -0.39 is 6.36 Å². The molecule has 0 radical (unpaired) electrons. The number of halogens is 3. The predicted octanol–water partition coefficient (Wildman–Crippen LogP) is 2.16. The molecule has 0 aliphatic rings. The normalized spacial score (nSPS) is 11.3. The van der Waals surface area contributed by atoms with Gasteiger partial charge >= 0.3 is 6.36 Å². The van der Waals surface area contributed by atoms with Crippen LogP contribution in [0.2, 0.25) is 0 Å². The second-order valence-corrected chi connectivity index (χ2v) is 2.83. The number of anilines is 1. The van der Waals surface area contributed by atoms with Gasteiger partial charge in [-0.05, 0) is 12.1 Å². The minimum absolute atomic E-state index is 0.234. The lowest BCUT2D eigenvalue weighted by Crippen LogP contribution is -2.30. The van der Waals surface area contributed by atoms with Gasteiger partial charge in [0.05, 0.1) is 5.69 Å². The average molecular weight is 220 g/mol. The van der Waals surface area contributed by atoms with Gasteiger partial charge in [0.1, 0.15) is 5.75 Å². The lowest BCUT2D eigenvalue weighted by atomic mass is 10.3. The molecule has 84 valence electrons. The Labute approximate surface area is 85.4 Å². The minimum Gasteiger partial charge on any atom is -0.406 e. The fourth-order valence-corrected chi connectivity index (χ4v) is 1.02. The van der Waals surface area contributed by atoms with Gasteiger partial charge in [-0.25, -0.2) is 5.43 Å². The van der Waals surface area contributed by atoms with Crippen molar-refractivity contribution < 1.29 is 17.9 Å². The highest BCUT2D eigenvalue weighted by atomic mass is 19.4. The molecule has 0 saturated heterocycles. The summed E-state index contributed by atoms with van der Waals surface area (Å²) in [5.74, 6) is -0.234. The number of hydrazine groups is 1. The lowest BCUT2D eigenvalue weighted by Gasteiger charge is -2.18. The van der Waals surface area contributed by atoms with Crippen LogP contribution >= 0.6 is 0 Å². The van der Waals surface area contributed by atoms with Gasteiger partial charge in [-0.1, -0.05) is 6.07 Å². The molecule has 15 heavy (non-hydrogen) atoms. The Bertz CT molecular complexity index is 327. The van der Waals surface area contributed by atoms with Crippen molar-refractivity contribution in [1.29, 1.82) is 0 Å². The van der Waals surface area contributed by atoms with Gasteiger partial charge in [0.15, 0.2) is 0 Å². The quantitative estimate of drug-likeness (QED) is 0.790. The first-order valence-corrected chi connectivity index (χ1v) is 4.19. The summed E-state index contributed by atoms with van der Waals surface area (Å²) >= 11 is 0. The number of ether oxygens (including phenoxy) is 1. The highest BCUT2D eigenvalue weighted by molar-refractivity contribution is 5.49. The first-order chi connectivity index (χ1) is 6.92. The van der Waals surface area contributed by atoms with Crippen LogP contribution in [0.1, 0.15) is 0 Å². The van der Waals surface area contributed by atoms with Crippen LogP contribution in [0.25, 0.3) is 0 Å². The van der Waals surface area contributed by atoms with E-state index in [4.69, 9.17) is 0 Å². The molecule has 0 atom stereocenters. The summed E-state index contributed by atoms with van der Waals surface area (Å²) < 4.78 is 39.5. The molecule has 1 rings (SSSR count). The molecule has 0 aliphatic carbocycles. The molecule has 0 bridgehead atoms. The third-order valence-corrected chi connectivity index (χ3v) is 1.77. The fourth-order valence-electron chi connectivity index (χ4n) is 1.02. The smallest absolute Gasteiger partial charge is 0.406 e. The molecule has 1 N–H and O–H groups in total.